The number of carbonyl (C=O) groups is 1. The number of aryl methyl sites for hydroxylation is 1. The molecule has 0 spiro atoms. The molecule has 1 aromatic heterocycles. The zero-order valence-electron chi connectivity index (χ0n) is 14.5. The molecule has 4 heteroatoms. The largest absolute Gasteiger partial charge is 0.422 e. The van der Waals surface area contributed by atoms with Crippen molar-refractivity contribution in [2.24, 2.45) is 0 Å². The Balaban J connectivity index is 2.08. The zero-order valence-corrected chi connectivity index (χ0v) is 15.3. The third-order valence-electron chi connectivity index (χ3n) is 4.46. The van der Waals surface area contributed by atoms with Gasteiger partial charge in [0.05, 0.1) is 0 Å². The maximum Gasteiger partial charge on any atom is 0.348 e. The monoisotopic (exact) mass is 374 g/mol. The lowest BCUT2D eigenvalue weighted by atomic mass is 9.92. The first-order valence-corrected chi connectivity index (χ1v) is 8.85. The molecule has 3 aromatic carbocycles. The van der Waals surface area contributed by atoms with E-state index in [0.717, 1.165) is 16.5 Å². The smallest absolute Gasteiger partial charge is 0.348 e. The highest BCUT2D eigenvalue weighted by Gasteiger charge is 2.23. The molecule has 0 radical (unpaired) electrons. The van der Waals surface area contributed by atoms with Gasteiger partial charge < -0.3 is 4.42 Å². The molecular weight excluding hydrogens is 360 g/mol. The van der Waals surface area contributed by atoms with Gasteiger partial charge in [0.15, 0.2) is 0 Å². The zero-order chi connectivity index (χ0) is 19.0. The summed E-state index contributed by atoms with van der Waals surface area (Å²) in [6, 6.07) is 21.5. The van der Waals surface area contributed by atoms with E-state index in [4.69, 9.17) is 16.0 Å². The maximum absolute atomic E-state index is 13.2. The highest BCUT2D eigenvalue weighted by atomic mass is 35.5. The highest BCUT2D eigenvalue weighted by Crippen LogP contribution is 2.32. The van der Waals surface area contributed by atoms with Crippen molar-refractivity contribution in [2.45, 2.75) is 6.92 Å². The Morgan fingerprint density at radius 2 is 1.63 bits per heavy atom. The van der Waals surface area contributed by atoms with Crippen molar-refractivity contribution < 1.29 is 9.21 Å². The number of ketones is 1. The molecule has 0 fully saturated rings. The number of hydrogen-bond donors (Lipinski definition) is 0. The van der Waals surface area contributed by atoms with Gasteiger partial charge in [0, 0.05) is 21.5 Å². The Hall–Kier alpha value is -3.17. The van der Waals surface area contributed by atoms with Crippen LogP contribution in [0.4, 0.5) is 0 Å². The standard InChI is InChI=1S/C23H15ClO3/c1-14-7-12-19-18(13-14)20(15-5-3-2-4-6-15)21(23(26)27-19)22(25)16-8-10-17(24)11-9-16/h2-13H,1H3. The van der Waals surface area contributed by atoms with Crippen molar-refractivity contribution in [2.75, 3.05) is 0 Å². The molecule has 0 N–H and O–H groups in total. The van der Waals surface area contributed by atoms with E-state index in [0.29, 0.717) is 21.7 Å². The molecule has 1 heterocycles. The van der Waals surface area contributed by atoms with Crippen LogP contribution in [0.5, 0.6) is 0 Å². The molecule has 3 nitrogen and oxygen atoms in total. The topological polar surface area (TPSA) is 47.3 Å². The molecule has 0 saturated carbocycles. The molecule has 0 amide bonds. The van der Waals surface area contributed by atoms with Gasteiger partial charge in [-0.3, -0.25) is 4.79 Å². The summed E-state index contributed by atoms with van der Waals surface area (Å²) in [5.41, 5.74) is 2.61. The normalized spacial score (nSPS) is 10.9. The summed E-state index contributed by atoms with van der Waals surface area (Å²) in [5.74, 6) is -0.386. The Labute approximate surface area is 160 Å². The summed E-state index contributed by atoms with van der Waals surface area (Å²) in [6.07, 6.45) is 0. The minimum atomic E-state index is -0.648. The van der Waals surface area contributed by atoms with Gasteiger partial charge in [-0.15, -0.1) is 0 Å². The SMILES string of the molecule is Cc1ccc2oc(=O)c(C(=O)c3ccc(Cl)cc3)c(-c3ccccc3)c2c1. The van der Waals surface area contributed by atoms with Crippen LogP contribution in [-0.4, -0.2) is 5.78 Å². The lowest BCUT2D eigenvalue weighted by Crippen LogP contribution is -2.17. The third kappa shape index (κ3) is 3.18. The molecule has 0 atom stereocenters. The van der Waals surface area contributed by atoms with Crippen LogP contribution in [0.2, 0.25) is 5.02 Å². The van der Waals surface area contributed by atoms with Gasteiger partial charge in [0.25, 0.3) is 0 Å². The van der Waals surface area contributed by atoms with Gasteiger partial charge in [0.1, 0.15) is 11.1 Å². The van der Waals surface area contributed by atoms with Crippen LogP contribution in [0, 0.1) is 6.92 Å². The summed E-state index contributed by atoms with van der Waals surface area (Å²) in [4.78, 5) is 26.0. The van der Waals surface area contributed by atoms with E-state index in [1.165, 1.54) is 0 Å². The fraction of sp³-hybridized carbons (Fsp3) is 0.0435. The second kappa shape index (κ2) is 6.86. The van der Waals surface area contributed by atoms with Crippen LogP contribution >= 0.6 is 11.6 Å². The predicted molar refractivity (Wildman–Crippen MR) is 108 cm³/mol. The van der Waals surface area contributed by atoms with Crippen LogP contribution in [0.1, 0.15) is 21.5 Å². The second-order valence-electron chi connectivity index (χ2n) is 6.34. The first-order chi connectivity index (χ1) is 13.0. The molecule has 4 rings (SSSR count). The van der Waals surface area contributed by atoms with E-state index in [9.17, 15) is 9.59 Å². The lowest BCUT2D eigenvalue weighted by Gasteiger charge is -2.12. The van der Waals surface area contributed by atoms with Gasteiger partial charge >= 0.3 is 5.63 Å². The van der Waals surface area contributed by atoms with E-state index in [2.05, 4.69) is 0 Å². The molecule has 0 unspecified atom stereocenters. The van der Waals surface area contributed by atoms with E-state index in [1.54, 1.807) is 30.3 Å². The summed E-state index contributed by atoms with van der Waals surface area (Å²) in [6.45, 7) is 1.96. The Bertz CT molecular complexity index is 1210. The average Bonchev–Trinajstić information content (AvgIpc) is 2.68. The maximum atomic E-state index is 13.2. The quantitative estimate of drug-likeness (QED) is 0.343. The summed E-state index contributed by atoms with van der Waals surface area (Å²) in [7, 11) is 0. The van der Waals surface area contributed by atoms with Crippen molar-refractivity contribution in [3.05, 3.63) is 105 Å². The van der Waals surface area contributed by atoms with E-state index >= 15 is 0 Å². The minimum absolute atomic E-state index is 0.0293. The van der Waals surface area contributed by atoms with Crippen LogP contribution < -0.4 is 5.63 Å². The number of carbonyl (C=O) groups excluding carboxylic acids is 1. The van der Waals surface area contributed by atoms with Crippen molar-refractivity contribution in [3.8, 4) is 11.1 Å². The first kappa shape index (κ1) is 17.3. The highest BCUT2D eigenvalue weighted by molar-refractivity contribution is 6.30. The van der Waals surface area contributed by atoms with Crippen LogP contribution in [0.15, 0.2) is 82.0 Å². The van der Waals surface area contributed by atoms with E-state index in [-0.39, 0.29) is 11.3 Å². The third-order valence-corrected chi connectivity index (χ3v) is 4.71. The fourth-order valence-corrected chi connectivity index (χ4v) is 3.30. The van der Waals surface area contributed by atoms with Gasteiger partial charge in [-0.05, 0) is 48.9 Å². The van der Waals surface area contributed by atoms with Crippen molar-refractivity contribution >= 4 is 28.4 Å². The molecule has 0 saturated heterocycles. The molecule has 27 heavy (non-hydrogen) atoms. The number of halogens is 1. The number of rotatable bonds is 3. The number of benzene rings is 3. The number of hydrogen-bond acceptors (Lipinski definition) is 3. The Morgan fingerprint density at radius 3 is 2.33 bits per heavy atom. The Kier molecular flexibility index (Phi) is 4.38. The molecule has 0 bridgehead atoms. The fourth-order valence-electron chi connectivity index (χ4n) is 3.17. The second-order valence-corrected chi connectivity index (χ2v) is 6.78. The van der Waals surface area contributed by atoms with Crippen LogP contribution in [-0.2, 0) is 0 Å². The molecule has 4 aromatic rings. The summed E-state index contributed by atoms with van der Waals surface area (Å²) >= 11 is 5.92. The van der Waals surface area contributed by atoms with Crippen LogP contribution in [0.25, 0.3) is 22.1 Å². The van der Waals surface area contributed by atoms with Gasteiger partial charge in [0.2, 0.25) is 5.78 Å². The first-order valence-electron chi connectivity index (χ1n) is 8.48. The van der Waals surface area contributed by atoms with E-state index in [1.807, 2.05) is 49.4 Å². The summed E-state index contributed by atoms with van der Waals surface area (Å²) in [5, 5.41) is 1.26. The van der Waals surface area contributed by atoms with Crippen molar-refractivity contribution in [3.63, 3.8) is 0 Å². The molecule has 132 valence electrons. The average molecular weight is 375 g/mol. The molecule has 0 aliphatic rings. The van der Waals surface area contributed by atoms with Crippen molar-refractivity contribution in [1.82, 2.24) is 0 Å². The minimum Gasteiger partial charge on any atom is -0.422 e. The lowest BCUT2D eigenvalue weighted by molar-refractivity contribution is 0.103. The molecule has 0 aliphatic carbocycles. The van der Waals surface area contributed by atoms with Gasteiger partial charge in [-0.1, -0.05) is 53.6 Å². The van der Waals surface area contributed by atoms with E-state index < -0.39 is 5.63 Å². The molecule has 0 aliphatic heterocycles. The van der Waals surface area contributed by atoms with Gasteiger partial charge in [-0.25, -0.2) is 4.79 Å². The number of fused-ring (bicyclic) bond motifs is 1. The van der Waals surface area contributed by atoms with Crippen LogP contribution in [0.3, 0.4) is 0 Å². The molecular formula is C23H15ClO3. The Morgan fingerprint density at radius 1 is 0.926 bits per heavy atom. The predicted octanol–water partition coefficient (Wildman–Crippen LogP) is 5.65. The van der Waals surface area contributed by atoms with Crippen molar-refractivity contribution in [1.29, 1.82) is 0 Å². The summed E-state index contributed by atoms with van der Waals surface area (Å²) < 4.78 is 5.47. The van der Waals surface area contributed by atoms with Gasteiger partial charge in [-0.2, -0.15) is 0 Å².